The quantitative estimate of drug-likeness (QED) is 0.896. The summed E-state index contributed by atoms with van der Waals surface area (Å²) < 4.78 is 13.1. The van der Waals surface area contributed by atoms with E-state index in [9.17, 15) is 4.39 Å². The van der Waals surface area contributed by atoms with Crippen molar-refractivity contribution >= 4 is 0 Å². The highest BCUT2D eigenvalue weighted by atomic mass is 19.1. The van der Waals surface area contributed by atoms with Crippen LogP contribution in [0.25, 0.3) is 0 Å². The number of pyridine rings is 1. The third kappa shape index (κ3) is 2.93. The topological polar surface area (TPSA) is 38.9 Å². The maximum Gasteiger partial charge on any atom is 0.141 e. The van der Waals surface area contributed by atoms with Crippen LogP contribution >= 0.6 is 0 Å². The Morgan fingerprint density at radius 3 is 2.78 bits per heavy atom. The molecule has 0 spiro atoms. The van der Waals surface area contributed by atoms with Crippen molar-refractivity contribution in [2.75, 3.05) is 0 Å². The van der Waals surface area contributed by atoms with Gasteiger partial charge in [0.1, 0.15) is 5.82 Å². The van der Waals surface area contributed by atoms with E-state index in [1.165, 1.54) is 17.8 Å². The minimum atomic E-state index is -0.354. The average molecular weight is 244 g/mol. The lowest BCUT2D eigenvalue weighted by Gasteiger charge is -2.13. The largest absolute Gasteiger partial charge is 0.320 e. The number of nitrogens with two attached hydrogens (primary N) is 1. The maximum absolute atomic E-state index is 13.1. The molecule has 2 nitrogen and oxygen atoms in total. The Hall–Kier alpha value is -1.74. The zero-order chi connectivity index (χ0) is 13.0. The number of halogens is 1. The first-order valence-electron chi connectivity index (χ1n) is 6.15. The van der Waals surface area contributed by atoms with Crippen LogP contribution in [0.15, 0.2) is 42.7 Å². The second-order valence-electron chi connectivity index (χ2n) is 4.41. The molecular weight excluding hydrogens is 227 g/mol. The Kier molecular flexibility index (Phi) is 4.05. The molecule has 0 fully saturated rings. The number of nitrogens with zero attached hydrogens (tertiary/aromatic N) is 1. The van der Waals surface area contributed by atoms with E-state index in [1.807, 2.05) is 12.1 Å². The van der Waals surface area contributed by atoms with E-state index in [0.717, 1.165) is 18.4 Å². The van der Waals surface area contributed by atoms with Crippen LogP contribution in [-0.4, -0.2) is 4.98 Å². The molecule has 2 aromatic rings. The predicted molar refractivity (Wildman–Crippen MR) is 70.7 cm³/mol. The minimum Gasteiger partial charge on any atom is -0.320 e. The molecular formula is C15H17FN2. The second kappa shape index (κ2) is 5.74. The van der Waals surface area contributed by atoms with Crippen LogP contribution in [0.2, 0.25) is 0 Å². The van der Waals surface area contributed by atoms with E-state index in [-0.39, 0.29) is 11.9 Å². The normalized spacial score (nSPS) is 12.4. The first-order valence-corrected chi connectivity index (χ1v) is 6.15. The van der Waals surface area contributed by atoms with E-state index < -0.39 is 0 Å². The summed E-state index contributed by atoms with van der Waals surface area (Å²) in [5.74, 6) is -0.354. The fourth-order valence-electron chi connectivity index (χ4n) is 2.02. The molecule has 0 aliphatic rings. The summed E-state index contributed by atoms with van der Waals surface area (Å²) >= 11 is 0. The summed E-state index contributed by atoms with van der Waals surface area (Å²) in [6.45, 7) is 2.14. The summed E-state index contributed by atoms with van der Waals surface area (Å²) in [4.78, 5) is 3.83. The van der Waals surface area contributed by atoms with Gasteiger partial charge in [0.2, 0.25) is 0 Å². The number of rotatable bonds is 4. The van der Waals surface area contributed by atoms with Crippen LogP contribution in [0.5, 0.6) is 0 Å². The van der Waals surface area contributed by atoms with Crippen molar-refractivity contribution in [3.63, 3.8) is 0 Å². The van der Waals surface area contributed by atoms with Gasteiger partial charge in [-0.15, -0.1) is 0 Å². The summed E-state index contributed by atoms with van der Waals surface area (Å²) in [6, 6.07) is 9.24. The van der Waals surface area contributed by atoms with Gasteiger partial charge in [0.25, 0.3) is 0 Å². The lowest BCUT2D eigenvalue weighted by Crippen LogP contribution is -2.12. The first-order chi connectivity index (χ1) is 8.70. The molecule has 18 heavy (non-hydrogen) atoms. The van der Waals surface area contributed by atoms with Crippen LogP contribution in [-0.2, 0) is 6.42 Å². The van der Waals surface area contributed by atoms with E-state index in [2.05, 4.69) is 24.0 Å². The maximum atomic E-state index is 13.1. The van der Waals surface area contributed by atoms with Gasteiger partial charge in [-0.1, -0.05) is 37.6 Å². The van der Waals surface area contributed by atoms with Gasteiger partial charge >= 0.3 is 0 Å². The van der Waals surface area contributed by atoms with Crippen molar-refractivity contribution < 1.29 is 4.39 Å². The van der Waals surface area contributed by atoms with Crippen molar-refractivity contribution in [2.24, 2.45) is 5.73 Å². The van der Waals surface area contributed by atoms with Crippen molar-refractivity contribution in [1.82, 2.24) is 4.98 Å². The average Bonchev–Trinajstić information content (AvgIpc) is 2.39. The Balaban J connectivity index is 2.27. The molecule has 2 N–H and O–H groups in total. The Morgan fingerprint density at radius 1 is 1.22 bits per heavy atom. The van der Waals surface area contributed by atoms with Crippen LogP contribution in [0.4, 0.5) is 4.39 Å². The van der Waals surface area contributed by atoms with Gasteiger partial charge in [-0.2, -0.15) is 0 Å². The molecule has 94 valence electrons. The SMILES string of the molecule is CCCc1cccc(C(N)c2cncc(F)c2)c1. The smallest absolute Gasteiger partial charge is 0.141 e. The third-order valence-corrected chi connectivity index (χ3v) is 2.93. The Morgan fingerprint density at radius 2 is 2.06 bits per heavy atom. The van der Waals surface area contributed by atoms with E-state index in [1.54, 1.807) is 6.20 Å². The number of aromatic nitrogens is 1. The Bertz CT molecular complexity index is 525. The third-order valence-electron chi connectivity index (χ3n) is 2.93. The lowest BCUT2D eigenvalue weighted by atomic mass is 9.98. The zero-order valence-electron chi connectivity index (χ0n) is 10.4. The van der Waals surface area contributed by atoms with Gasteiger partial charge in [0.05, 0.1) is 12.2 Å². The number of aryl methyl sites for hydroxylation is 1. The Labute approximate surface area is 107 Å². The highest BCUT2D eigenvalue weighted by Crippen LogP contribution is 2.20. The highest BCUT2D eigenvalue weighted by molar-refractivity contribution is 5.32. The van der Waals surface area contributed by atoms with Gasteiger partial charge in [-0.3, -0.25) is 4.98 Å². The van der Waals surface area contributed by atoms with Crippen molar-refractivity contribution in [1.29, 1.82) is 0 Å². The number of benzene rings is 1. The molecule has 0 saturated heterocycles. The van der Waals surface area contributed by atoms with Crippen molar-refractivity contribution in [3.8, 4) is 0 Å². The minimum absolute atomic E-state index is 0.329. The molecule has 0 aliphatic heterocycles. The molecule has 1 unspecified atom stereocenters. The number of hydrogen-bond donors (Lipinski definition) is 1. The molecule has 0 saturated carbocycles. The first kappa shape index (κ1) is 12.7. The van der Waals surface area contributed by atoms with Gasteiger partial charge in [-0.05, 0) is 29.2 Å². The summed E-state index contributed by atoms with van der Waals surface area (Å²) in [7, 11) is 0. The van der Waals surface area contributed by atoms with Gasteiger partial charge in [0, 0.05) is 6.20 Å². The highest BCUT2D eigenvalue weighted by Gasteiger charge is 2.10. The molecule has 1 atom stereocenters. The fourth-order valence-corrected chi connectivity index (χ4v) is 2.02. The second-order valence-corrected chi connectivity index (χ2v) is 4.41. The van der Waals surface area contributed by atoms with Crippen LogP contribution in [0, 0.1) is 5.82 Å². The van der Waals surface area contributed by atoms with Crippen LogP contribution < -0.4 is 5.73 Å². The van der Waals surface area contributed by atoms with Gasteiger partial charge in [0.15, 0.2) is 0 Å². The zero-order valence-corrected chi connectivity index (χ0v) is 10.4. The molecule has 3 heteroatoms. The summed E-state index contributed by atoms with van der Waals surface area (Å²) in [5, 5.41) is 0. The molecule has 0 radical (unpaired) electrons. The van der Waals surface area contributed by atoms with Crippen LogP contribution in [0.3, 0.4) is 0 Å². The van der Waals surface area contributed by atoms with Gasteiger partial charge < -0.3 is 5.73 Å². The summed E-state index contributed by atoms with van der Waals surface area (Å²) in [6.07, 6.45) is 4.92. The molecule has 1 heterocycles. The van der Waals surface area contributed by atoms with E-state index >= 15 is 0 Å². The molecule has 1 aromatic heterocycles. The molecule has 0 amide bonds. The standard InChI is InChI=1S/C15H17FN2/c1-2-4-11-5-3-6-12(7-11)15(17)13-8-14(16)10-18-9-13/h3,5-10,15H,2,4,17H2,1H3. The summed E-state index contributed by atoms with van der Waals surface area (Å²) in [5.41, 5.74) is 9.09. The van der Waals surface area contributed by atoms with Gasteiger partial charge in [-0.25, -0.2) is 4.39 Å². The van der Waals surface area contributed by atoms with Crippen molar-refractivity contribution in [3.05, 3.63) is 65.2 Å². The van der Waals surface area contributed by atoms with E-state index in [0.29, 0.717) is 5.56 Å². The van der Waals surface area contributed by atoms with Crippen molar-refractivity contribution in [2.45, 2.75) is 25.8 Å². The lowest BCUT2D eigenvalue weighted by molar-refractivity contribution is 0.616. The number of hydrogen-bond acceptors (Lipinski definition) is 2. The molecule has 0 bridgehead atoms. The molecule has 2 rings (SSSR count). The van der Waals surface area contributed by atoms with E-state index in [4.69, 9.17) is 5.73 Å². The molecule has 1 aromatic carbocycles. The molecule has 0 aliphatic carbocycles. The predicted octanol–water partition coefficient (Wildman–Crippen LogP) is 3.22. The fraction of sp³-hybridized carbons (Fsp3) is 0.267. The van der Waals surface area contributed by atoms with Crippen LogP contribution in [0.1, 0.15) is 36.1 Å². The monoisotopic (exact) mass is 244 g/mol.